The van der Waals surface area contributed by atoms with Crippen LogP contribution in [0.2, 0.25) is 10.0 Å². The number of aromatic nitrogens is 4. The highest BCUT2D eigenvalue weighted by atomic mass is 35.5. The Bertz CT molecular complexity index is 1010. The Hall–Kier alpha value is -2.71. The van der Waals surface area contributed by atoms with Gasteiger partial charge in [-0.15, -0.1) is 5.10 Å². The van der Waals surface area contributed by atoms with Gasteiger partial charge in [0, 0.05) is 31.9 Å². The molecule has 0 saturated carbocycles. The van der Waals surface area contributed by atoms with Gasteiger partial charge in [-0.1, -0.05) is 23.2 Å². The van der Waals surface area contributed by atoms with Crippen molar-refractivity contribution in [3.05, 3.63) is 64.2 Å². The van der Waals surface area contributed by atoms with Gasteiger partial charge in [0.25, 0.3) is 5.91 Å². The molecule has 4 rings (SSSR count). The van der Waals surface area contributed by atoms with Crippen LogP contribution in [0.25, 0.3) is 5.69 Å². The number of benzene rings is 2. The summed E-state index contributed by atoms with van der Waals surface area (Å²) in [6, 6.07) is 9.44. The lowest BCUT2D eigenvalue weighted by atomic mass is 10.1. The van der Waals surface area contributed by atoms with E-state index in [1.807, 2.05) is 12.1 Å². The fourth-order valence-electron chi connectivity index (χ4n) is 3.17. The summed E-state index contributed by atoms with van der Waals surface area (Å²) in [5.41, 5.74) is 1.60. The number of anilines is 1. The SMILES string of the molecule is O=C(c1cc(F)ccc1-n1cnnn1)N1CCN(c2ccc(Cl)c(Cl)c2)CC1. The summed E-state index contributed by atoms with van der Waals surface area (Å²) in [5.74, 6) is -0.756. The molecule has 0 N–H and O–H groups in total. The molecule has 3 aromatic rings. The van der Waals surface area contributed by atoms with Crippen LogP contribution in [0, 0.1) is 5.82 Å². The van der Waals surface area contributed by atoms with Crippen molar-refractivity contribution in [3.63, 3.8) is 0 Å². The van der Waals surface area contributed by atoms with E-state index in [1.165, 1.54) is 29.2 Å². The highest BCUT2D eigenvalue weighted by Gasteiger charge is 2.25. The lowest BCUT2D eigenvalue weighted by molar-refractivity contribution is 0.0746. The second-order valence-corrected chi connectivity index (χ2v) is 7.11. The molecule has 10 heteroatoms. The van der Waals surface area contributed by atoms with Crippen LogP contribution < -0.4 is 4.90 Å². The van der Waals surface area contributed by atoms with Gasteiger partial charge < -0.3 is 9.80 Å². The second kappa shape index (κ2) is 7.73. The van der Waals surface area contributed by atoms with Gasteiger partial charge in [0.1, 0.15) is 12.1 Å². The molecule has 0 radical (unpaired) electrons. The van der Waals surface area contributed by atoms with E-state index in [4.69, 9.17) is 23.2 Å². The largest absolute Gasteiger partial charge is 0.368 e. The average molecular weight is 421 g/mol. The molecular formula is C18H15Cl2FN6O. The van der Waals surface area contributed by atoms with Crippen molar-refractivity contribution in [3.8, 4) is 5.69 Å². The van der Waals surface area contributed by atoms with E-state index < -0.39 is 5.82 Å². The summed E-state index contributed by atoms with van der Waals surface area (Å²) < 4.78 is 15.2. The maximum atomic E-state index is 13.8. The fraction of sp³-hybridized carbons (Fsp3) is 0.222. The number of rotatable bonds is 3. The molecule has 144 valence electrons. The van der Waals surface area contributed by atoms with Gasteiger partial charge in [-0.05, 0) is 46.8 Å². The zero-order valence-electron chi connectivity index (χ0n) is 14.6. The Kier molecular flexibility index (Phi) is 5.15. The maximum absolute atomic E-state index is 13.8. The average Bonchev–Trinajstić information content (AvgIpc) is 3.24. The van der Waals surface area contributed by atoms with Crippen molar-refractivity contribution in [2.45, 2.75) is 0 Å². The standard InChI is InChI=1S/C18H15Cl2FN6O/c19-15-3-2-13(10-16(15)20)25-5-7-26(8-6-25)18(28)14-9-12(21)1-4-17(14)27-11-22-23-24-27/h1-4,9-11H,5-8H2. The third kappa shape index (κ3) is 3.65. The van der Waals surface area contributed by atoms with Crippen LogP contribution in [0.5, 0.6) is 0 Å². The van der Waals surface area contributed by atoms with E-state index in [9.17, 15) is 9.18 Å². The third-order valence-corrected chi connectivity index (χ3v) is 5.36. The smallest absolute Gasteiger partial charge is 0.256 e. The molecule has 1 fully saturated rings. The normalized spacial score (nSPS) is 14.4. The van der Waals surface area contributed by atoms with Crippen molar-refractivity contribution in [2.24, 2.45) is 0 Å². The molecule has 1 aliphatic rings. The summed E-state index contributed by atoms with van der Waals surface area (Å²) in [6.45, 7) is 2.23. The summed E-state index contributed by atoms with van der Waals surface area (Å²) in [4.78, 5) is 16.8. The Morgan fingerprint density at radius 3 is 2.46 bits per heavy atom. The van der Waals surface area contributed by atoms with Crippen LogP contribution in [0.4, 0.5) is 10.1 Å². The van der Waals surface area contributed by atoms with Crippen LogP contribution in [0.15, 0.2) is 42.7 Å². The van der Waals surface area contributed by atoms with Gasteiger partial charge in [0.05, 0.1) is 21.3 Å². The number of hydrogen-bond donors (Lipinski definition) is 0. The van der Waals surface area contributed by atoms with Crippen LogP contribution >= 0.6 is 23.2 Å². The van der Waals surface area contributed by atoms with Crippen LogP contribution in [-0.2, 0) is 0 Å². The fourth-order valence-corrected chi connectivity index (χ4v) is 3.46. The molecule has 0 bridgehead atoms. The Balaban J connectivity index is 1.52. The highest BCUT2D eigenvalue weighted by Crippen LogP contribution is 2.28. The van der Waals surface area contributed by atoms with E-state index in [0.29, 0.717) is 41.9 Å². The van der Waals surface area contributed by atoms with Crippen LogP contribution in [-0.4, -0.2) is 57.2 Å². The summed E-state index contributed by atoms with van der Waals surface area (Å²) >= 11 is 12.1. The number of carbonyl (C=O) groups is 1. The Labute approximate surface area is 170 Å². The molecule has 0 unspecified atom stereocenters. The predicted molar refractivity (Wildman–Crippen MR) is 104 cm³/mol. The minimum Gasteiger partial charge on any atom is -0.368 e. The predicted octanol–water partition coefficient (Wildman–Crippen LogP) is 3.07. The molecule has 28 heavy (non-hydrogen) atoms. The molecule has 0 spiro atoms. The van der Waals surface area contributed by atoms with Crippen molar-refractivity contribution in [2.75, 3.05) is 31.1 Å². The van der Waals surface area contributed by atoms with Crippen molar-refractivity contribution in [1.29, 1.82) is 0 Å². The third-order valence-electron chi connectivity index (χ3n) is 4.62. The van der Waals surface area contributed by atoms with Crippen LogP contribution in [0.3, 0.4) is 0 Å². The maximum Gasteiger partial charge on any atom is 0.256 e. The first-order valence-corrected chi connectivity index (χ1v) is 9.31. The van der Waals surface area contributed by atoms with E-state index in [1.54, 1.807) is 11.0 Å². The van der Waals surface area contributed by atoms with Crippen molar-refractivity contribution < 1.29 is 9.18 Å². The lowest BCUT2D eigenvalue weighted by Gasteiger charge is -2.36. The first-order chi connectivity index (χ1) is 13.5. The number of halogens is 3. The lowest BCUT2D eigenvalue weighted by Crippen LogP contribution is -2.49. The molecular weight excluding hydrogens is 406 g/mol. The zero-order valence-corrected chi connectivity index (χ0v) is 16.1. The van der Waals surface area contributed by atoms with E-state index in [2.05, 4.69) is 20.4 Å². The quantitative estimate of drug-likeness (QED) is 0.651. The summed E-state index contributed by atoms with van der Waals surface area (Å²) in [7, 11) is 0. The van der Waals surface area contributed by atoms with E-state index in [0.717, 1.165) is 5.69 Å². The van der Waals surface area contributed by atoms with Gasteiger partial charge in [-0.25, -0.2) is 4.39 Å². The Morgan fingerprint density at radius 1 is 1.00 bits per heavy atom. The number of amides is 1. The van der Waals surface area contributed by atoms with Gasteiger partial charge in [0.15, 0.2) is 0 Å². The number of tetrazole rings is 1. The monoisotopic (exact) mass is 420 g/mol. The second-order valence-electron chi connectivity index (χ2n) is 6.29. The summed E-state index contributed by atoms with van der Waals surface area (Å²) in [5, 5.41) is 11.9. The topological polar surface area (TPSA) is 67.2 Å². The molecule has 1 aliphatic heterocycles. The van der Waals surface area contributed by atoms with E-state index in [-0.39, 0.29) is 11.5 Å². The number of hydrogen-bond acceptors (Lipinski definition) is 5. The molecule has 2 aromatic carbocycles. The van der Waals surface area contributed by atoms with Gasteiger partial charge in [0.2, 0.25) is 0 Å². The van der Waals surface area contributed by atoms with Gasteiger partial charge in [-0.3, -0.25) is 4.79 Å². The first kappa shape index (κ1) is 18.6. The number of piperazine rings is 1. The van der Waals surface area contributed by atoms with Crippen LogP contribution in [0.1, 0.15) is 10.4 Å². The molecule has 1 amide bonds. The zero-order chi connectivity index (χ0) is 19.7. The molecule has 7 nitrogen and oxygen atoms in total. The molecule has 0 aliphatic carbocycles. The highest BCUT2D eigenvalue weighted by molar-refractivity contribution is 6.42. The Morgan fingerprint density at radius 2 is 1.79 bits per heavy atom. The van der Waals surface area contributed by atoms with E-state index >= 15 is 0 Å². The molecule has 1 aromatic heterocycles. The minimum absolute atomic E-state index is 0.218. The first-order valence-electron chi connectivity index (χ1n) is 8.55. The number of carbonyl (C=O) groups excluding carboxylic acids is 1. The summed E-state index contributed by atoms with van der Waals surface area (Å²) in [6.07, 6.45) is 1.37. The van der Waals surface area contributed by atoms with Crippen molar-refractivity contribution in [1.82, 2.24) is 25.1 Å². The van der Waals surface area contributed by atoms with Gasteiger partial charge >= 0.3 is 0 Å². The molecule has 2 heterocycles. The van der Waals surface area contributed by atoms with Gasteiger partial charge in [-0.2, -0.15) is 4.68 Å². The molecule has 0 atom stereocenters. The van der Waals surface area contributed by atoms with Crippen molar-refractivity contribution >= 4 is 34.8 Å². The minimum atomic E-state index is -0.491. The number of nitrogens with zero attached hydrogens (tertiary/aromatic N) is 6. The molecule has 1 saturated heterocycles.